The third-order valence-corrected chi connectivity index (χ3v) is 4.38. The van der Waals surface area contributed by atoms with Crippen LogP contribution in [0, 0.1) is 11.7 Å². The average molecular weight is 329 g/mol. The van der Waals surface area contributed by atoms with Crippen LogP contribution in [0.3, 0.4) is 0 Å². The number of nitrogens with one attached hydrogen (secondary N) is 1. The number of aryl methyl sites for hydroxylation is 1. The van der Waals surface area contributed by atoms with Crippen molar-refractivity contribution in [2.75, 3.05) is 20.1 Å². The first-order chi connectivity index (χ1) is 10.1. The number of rotatable bonds is 5. The van der Waals surface area contributed by atoms with Crippen LogP contribution < -0.4 is 5.32 Å². The lowest BCUT2D eigenvalue weighted by molar-refractivity contribution is -0.136. The number of halogens is 2. The van der Waals surface area contributed by atoms with Gasteiger partial charge in [-0.1, -0.05) is 19.1 Å². The first kappa shape index (κ1) is 18.9. The van der Waals surface area contributed by atoms with Crippen LogP contribution in [-0.2, 0) is 11.2 Å². The van der Waals surface area contributed by atoms with Gasteiger partial charge < -0.3 is 10.2 Å². The Hall–Kier alpha value is -1.13. The van der Waals surface area contributed by atoms with Crippen LogP contribution in [0.25, 0.3) is 0 Å². The van der Waals surface area contributed by atoms with Gasteiger partial charge in [0.25, 0.3) is 0 Å². The highest BCUT2D eigenvalue weighted by molar-refractivity contribution is 5.85. The Morgan fingerprint density at radius 1 is 1.41 bits per heavy atom. The molecule has 0 aromatic heterocycles. The molecule has 0 aliphatic carbocycles. The molecule has 3 nitrogen and oxygen atoms in total. The van der Waals surface area contributed by atoms with Crippen LogP contribution in [-0.4, -0.2) is 37.0 Å². The molecule has 1 aromatic rings. The van der Waals surface area contributed by atoms with E-state index >= 15 is 0 Å². The minimum Gasteiger partial charge on any atom is -0.342 e. The Labute approximate surface area is 138 Å². The van der Waals surface area contributed by atoms with E-state index in [1.54, 1.807) is 12.1 Å². The summed E-state index contributed by atoms with van der Waals surface area (Å²) < 4.78 is 13.1. The molecule has 2 rings (SSSR count). The van der Waals surface area contributed by atoms with Crippen molar-refractivity contribution in [3.63, 3.8) is 0 Å². The highest BCUT2D eigenvalue weighted by atomic mass is 35.5. The maximum absolute atomic E-state index is 13.1. The van der Waals surface area contributed by atoms with E-state index in [1.807, 2.05) is 24.9 Å². The largest absolute Gasteiger partial charge is 0.342 e. The van der Waals surface area contributed by atoms with E-state index in [-0.39, 0.29) is 30.0 Å². The summed E-state index contributed by atoms with van der Waals surface area (Å²) in [6, 6.07) is 6.99. The molecule has 0 spiro atoms. The van der Waals surface area contributed by atoms with E-state index in [0.29, 0.717) is 6.04 Å². The summed E-state index contributed by atoms with van der Waals surface area (Å²) >= 11 is 0. The molecule has 1 aromatic carbocycles. The van der Waals surface area contributed by atoms with Gasteiger partial charge in [0.2, 0.25) is 5.91 Å². The lowest BCUT2D eigenvalue weighted by Gasteiger charge is -2.33. The number of benzene rings is 1. The molecule has 0 saturated carbocycles. The second-order valence-electron chi connectivity index (χ2n) is 6.00. The van der Waals surface area contributed by atoms with Crippen molar-refractivity contribution in [3.05, 3.63) is 35.6 Å². The van der Waals surface area contributed by atoms with E-state index in [9.17, 15) is 9.18 Å². The first-order valence-electron chi connectivity index (χ1n) is 7.79. The maximum Gasteiger partial charge on any atom is 0.225 e. The first-order valence-corrected chi connectivity index (χ1v) is 7.79. The minimum absolute atomic E-state index is 0. The highest BCUT2D eigenvalue weighted by Crippen LogP contribution is 2.17. The molecular formula is C17H26ClFN2O. The smallest absolute Gasteiger partial charge is 0.225 e. The molecule has 0 bridgehead atoms. The summed E-state index contributed by atoms with van der Waals surface area (Å²) in [7, 11) is 1.91. The van der Waals surface area contributed by atoms with Crippen LogP contribution in [0.15, 0.2) is 24.3 Å². The number of hydrogen-bond acceptors (Lipinski definition) is 2. The molecule has 1 N–H and O–H groups in total. The van der Waals surface area contributed by atoms with Crippen LogP contribution in [0.1, 0.15) is 31.7 Å². The highest BCUT2D eigenvalue weighted by Gasteiger charge is 2.25. The van der Waals surface area contributed by atoms with Crippen molar-refractivity contribution in [2.45, 2.75) is 38.6 Å². The van der Waals surface area contributed by atoms with E-state index in [1.165, 1.54) is 6.07 Å². The number of amides is 1. The van der Waals surface area contributed by atoms with Gasteiger partial charge in [-0.15, -0.1) is 12.4 Å². The number of hydrogen-bond donors (Lipinski definition) is 1. The van der Waals surface area contributed by atoms with Gasteiger partial charge in [-0.3, -0.25) is 4.79 Å². The molecule has 1 heterocycles. The third kappa shape index (κ3) is 5.25. The van der Waals surface area contributed by atoms with Gasteiger partial charge in [-0.05, 0) is 56.5 Å². The van der Waals surface area contributed by atoms with E-state index in [0.717, 1.165) is 44.3 Å². The van der Waals surface area contributed by atoms with Gasteiger partial charge in [0.1, 0.15) is 5.82 Å². The van der Waals surface area contributed by atoms with Crippen LogP contribution in [0.5, 0.6) is 0 Å². The fourth-order valence-electron chi connectivity index (χ4n) is 2.92. The maximum atomic E-state index is 13.1. The van der Waals surface area contributed by atoms with Crippen molar-refractivity contribution in [2.24, 2.45) is 5.92 Å². The van der Waals surface area contributed by atoms with E-state index in [4.69, 9.17) is 0 Å². The molecule has 22 heavy (non-hydrogen) atoms. The molecule has 1 aliphatic heterocycles. The number of carbonyl (C=O) groups excluding carboxylic acids is 1. The molecule has 124 valence electrons. The molecule has 1 fully saturated rings. The number of piperidine rings is 1. The third-order valence-electron chi connectivity index (χ3n) is 4.38. The van der Waals surface area contributed by atoms with Gasteiger partial charge in [0, 0.05) is 19.0 Å². The fraction of sp³-hybridized carbons (Fsp3) is 0.588. The Balaban J connectivity index is 0.00000242. The van der Waals surface area contributed by atoms with Crippen molar-refractivity contribution in [3.8, 4) is 0 Å². The molecule has 1 atom stereocenters. The monoisotopic (exact) mass is 328 g/mol. The van der Waals surface area contributed by atoms with Crippen molar-refractivity contribution >= 4 is 18.3 Å². The summed E-state index contributed by atoms with van der Waals surface area (Å²) in [4.78, 5) is 14.4. The SMILES string of the molecule is CC(CCc1cccc(F)c1)C(=O)N(C)C1CCNCC1.Cl. The second kappa shape index (κ2) is 9.11. The molecule has 0 radical (unpaired) electrons. The predicted molar refractivity (Wildman–Crippen MR) is 89.8 cm³/mol. The number of carbonyl (C=O) groups is 1. The van der Waals surface area contributed by atoms with E-state index in [2.05, 4.69) is 5.32 Å². The lowest BCUT2D eigenvalue weighted by atomic mass is 9.98. The van der Waals surface area contributed by atoms with Crippen LogP contribution in [0.4, 0.5) is 4.39 Å². The summed E-state index contributed by atoms with van der Waals surface area (Å²) in [5.41, 5.74) is 0.958. The number of nitrogens with zero attached hydrogens (tertiary/aromatic N) is 1. The minimum atomic E-state index is -0.210. The van der Waals surface area contributed by atoms with Crippen molar-refractivity contribution in [1.29, 1.82) is 0 Å². The quantitative estimate of drug-likeness (QED) is 0.901. The van der Waals surface area contributed by atoms with Gasteiger partial charge >= 0.3 is 0 Å². The summed E-state index contributed by atoms with van der Waals surface area (Å²) in [6.07, 6.45) is 3.56. The zero-order chi connectivity index (χ0) is 15.2. The summed E-state index contributed by atoms with van der Waals surface area (Å²) in [6.45, 7) is 3.94. The lowest BCUT2D eigenvalue weighted by Crippen LogP contribution is -2.45. The summed E-state index contributed by atoms with van der Waals surface area (Å²) in [5, 5.41) is 3.32. The second-order valence-corrected chi connectivity index (χ2v) is 6.00. The predicted octanol–water partition coefficient (Wildman–Crippen LogP) is 3.03. The molecular weight excluding hydrogens is 303 g/mol. The Morgan fingerprint density at radius 3 is 2.73 bits per heavy atom. The van der Waals surface area contributed by atoms with Crippen molar-refractivity contribution in [1.82, 2.24) is 10.2 Å². The zero-order valence-corrected chi connectivity index (χ0v) is 14.2. The molecule has 5 heteroatoms. The normalized spacial score (nSPS) is 16.7. The molecule has 1 aliphatic rings. The topological polar surface area (TPSA) is 32.3 Å². The Kier molecular flexibility index (Phi) is 7.83. The van der Waals surface area contributed by atoms with Crippen molar-refractivity contribution < 1.29 is 9.18 Å². The van der Waals surface area contributed by atoms with Gasteiger partial charge in [0.15, 0.2) is 0 Å². The van der Waals surface area contributed by atoms with Crippen LogP contribution in [0.2, 0.25) is 0 Å². The van der Waals surface area contributed by atoms with Crippen LogP contribution >= 0.6 is 12.4 Å². The standard InChI is InChI=1S/C17H25FN2O.ClH/c1-13(6-7-14-4-3-5-15(18)12-14)17(21)20(2)16-8-10-19-11-9-16;/h3-5,12-13,16,19H,6-11H2,1-2H3;1H. The van der Waals surface area contributed by atoms with E-state index < -0.39 is 0 Å². The average Bonchev–Trinajstić information content (AvgIpc) is 2.52. The fourth-order valence-corrected chi connectivity index (χ4v) is 2.92. The molecule has 1 unspecified atom stereocenters. The van der Waals surface area contributed by atoms with Gasteiger partial charge in [0.05, 0.1) is 0 Å². The Morgan fingerprint density at radius 2 is 2.09 bits per heavy atom. The van der Waals surface area contributed by atoms with Gasteiger partial charge in [-0.2, -0.15) is 0 Å². The Bertz CT molecular complexity index is 477. The van der Waals surface area contributed by atoms with Gasteiger partial charge in [-0.25, -0.2) is 4.39 Å². The zero-order valence-electron chi connectivity index (χ0n) is 13.3. The summed E-state index contributed by atoms with van der Waals surface area (Å²) in [5.74, 6) is -0.0234. The molecule has 1 saturated heterocycles. The molecule has 1 amide bonds.